The molecule has 33 heavy (non-hydrogen) atoms. The summed E-state index contributed by atoms with van der Waals surface area (Å²) in [6.07, 6.45) is 0. The Morgan fingerprint density at radius 3 is 2.18 bits per heavy atom. The van der Waals surface area contributed by atoms with Crippen LogP contribution in [0.1, 0.15) is 32.4 Å². The zero-order valence-electron chi connectivity index (χ0n) is 18.9. The molecule has 1 N–H and O–H groups in total. The Morgan fingerprint density at radius 2 is 1.70 bits per heavy atom. The summed E-state index contributed by atoms with van der Waals surface area (Å²) < 4.78 is 35.2. The molecule has 2 atom stereocenters. The molecule has 0 saturated heterocycles. The average molecular weight is 598 g/mol. The van der Waals surface area contributed by atoms with E-state index in [0.717, 1.165) is 12.1 Å². The minimum absolute atomic E-state index is 0.0168. The SMILES string of the molecule is CC(C)(C)[Si](C)(C)OC[C@H](Br)[C@H](NS(=O)(=O)c1ccc([N+](=O)[O-])cc1)c1ccc(Cl)c(Cl)c1. The van der Waals surface area contributed by atoms with Gasteiger partial charge < -0.3 is 4.43 Å². The molecule has 0 aliphatic rings. The minimum Gasteiger partial charge on any atom is -0.416 e. The van der Waals surface area contributed by atoms with Gasteiger partial charge in [-0.25, -0.2) is 13.1 Å². The summed E-state index contributed by atoms with van der Waals surface area (Å²) in [6.45, 7) is 10.8. The van der Waals surface area contributed by atoms with E-state index in [0.29, 0.717) is 15.6 Å². The van der Waals surface area contributed by atoms with E-state index in [9.17, 15) is 18.5 Å². The Bertz CT molecular complexity index is 1110. The van der Waals surface area contributed by atoms with Gasteiger partial charge in [0.25, 0.3) is 5.69 Å². The number of nitro benzene ring substituents is 1. The van der Waals surface area contributed by atoms with Crippen LogP contribution in [-0.4, -0.2) is 33.1 Å². The van der Waals surface area contributed by atoms with Crippen LogP contribution in [0, 0.1) is 10.1 Å². The number of rotatable bonds is 9. The van der Waals surface area contributed by atoms with Crippen molar-refractivity contribution < 1.29 is 17.8 Å². The van der Waals surface area contributed by atoms with E-state index < -0.39 is 34.1 Å². The maximum absolute atomic E-state index is 13.1. The highest BCUT2D eigenvalue weighted by atomic mass is 79.9. The van der Waals surface area contributed by atoms with Crippen LogP contribution in [0.15, 0.2) is 47.4 Å². The second-order valence-corrected chi connectivity index (χ2v) is 17.6. The molecule has 0 aromatic heterocycles. The zero-order valence-corrected chi connectivity index (χ0v) is 23.8. The Labute approximate surface area is 214 Å². The summed E-state index contributed by atoms with van der Waals surface area (Å²) in [5.41, 5.74) is 0.395. The van der Waals surface area contributed by atoms with E-state index in [1.54, 1.807) is 18.2 Å². The molecule has 0 unspecified atom stereocenters. The van der Waals surface area contributed by atoms with Crippen LogP contribution in [0.5, 0.6) is 0 Å². The van der Waals surface area contributed by atoms with Crippen LogP contribution in [0.25, 0.3) is 0 Å². The van der Waals surface area contributed by atoms with Crippen LogP contribution in [0.2, 0.25) is 28.2 Å². The fourth-order valence-corrected chi connectivity index (χ4v) is 6.23. The van der Waals surface area contributed by atoms with Crippen molar-refractivity contribution in [3.63, 3.8) is 0 Å². The van der Waals surface area contributed by atoms with Crippen molar-refractivity contribution in [2.75, 3.05) is 6.61 Å². The molecule has 0 saturated carbocycles. The molecule has 2 aromatic carbocycles. The lowest BCUT2D eigenvalue weighted by Crippen LogP contribution is -2.44. The molecule has 0 heterocycles. The second kappa shape index (κ2) is 10.7. The number of non-ortho nitro benzene ring substituents is 1. The van der Waals surface area contributed by atoms with Crippen molar-refractivity contribution >= 4 is 63.2 Å². The number of benzene rings is 2. The molecule has 0 amide bonds. The predicted molar refractivity (Wildman–Crippen MR) is 138 cm³/mol. The molecule has 7 nitrogen and oxygen atoms in total. The van der Waals surface area contributed by atoms with Gasteiger partial charge in [0.1, 0.15) is 0 Å². The minimum atomic E-state index is -4.02. The van der Waals surface area contributed by atoms with E-state index in [1.165, 1.54) is 12.1 Å². The molecular weight excluding hydrogens is 571 g/mol. The van der Waals surface area contributed by atoms with Gasteiger partial charge in [0.2, 0.25) is 10.0 Å². The lowest BCUT2D eigenvalue weighted by molar-refractivity contribution is -0.384. The van der Waals surface area contributed by atoms with Crippen molar-refractivity contribution in [1.29, 1.82) is 0 Å². The fourth-order valence-electron chi connectivity index (χ4n) is 2.64. The predicted octanol–water partition coefficient (Wildman–Crippen LogP) is 6.71. The van der Waals surface area contributed by atoms with E-state index >= 15 is 0 Å². The van der Waals surface area contributed by atoms with Crippen molar-refractivity contribution in [2.24, 2.45) is 0 Å². The summed E-state index contributed by atoms with van der Waals surface area (Å²) in [7, 11) is -6.12. The highest BCUT2D eigenvalue weighted by Gasteiger charge is 2.38. The molecule has 0 spiro atoms. The van der Waals surface area contributed by atoms with E-state index in [-0.39, 0.29) is 22.2 Å². The molecule has 0 radical (unpaired) electrons. The number of nitrogens with one attached hydrogen (secondary N) is 1. The normalized spacial score (nSPS) is 14.7. The third-order valence-corrected chi connectivity index (χ3v) is 13.2. The first-order valence-electron chi connectivity index (χ1n) is 10.0. The Kier molecular flexibility index (Phi) is 9.17. The maximum Gasteiger partial charge on any atom is 0.269 e. The van der Waals surface area contributed by atoms with Gasteiger partial charge in [-0.05, 0) is 48.0 Å². The lowest BCUT2D eigenvalue weighted by Gasteiger charge is -2.37. The molecular formula is C21H27BrCl2N2O5SSi. The first kappa shape index (κ1) is 28.2. The summed E-state index contributed by atoms with van der Waals surface area (Å²) in [4.78, 5) is 9.78. The zero-order chi connectivity index (χ0) is 25.2. The van der Waals surface area contributed by atoms with Crippen molar-refractivity contribution in [1.82, 2.24) is 4.72 Å². The van der Waals surface area contributed by atoms with Gasteiger partial charge in [-0.1, -0.05) is 66.0 Å². The fraction of sp³-hybridized carbons (Fsp3) is 0.429. The topological polar surface area (TPSA) is 98.5 Å². The smallest absolute Gasteiger partial charge is 0.269 e. The van der Waals surface area contributed by atoms with Gasteiger partial charge >= 0.3 is 0 Å². The number of nitrogens with zero attached hydrogens (tertiary/aromatic N) is 1. The van der Waals surface area contributed by atoms with Crippen LogP contribution >= 0.6 is 39.1 Å². The number of sulfonamides is 1. The number of nitro groups is 1. The Morgan fingerprint density at radius 1 is 1.12 bits per heavy atom. The van der Waals surface area contributed by atoms with Gasteiger partial charge in [0.05, 0.1) is 30.7 Å². The van der Waals surface area contributed by atoms with Crippen LogP contribution in [-0.2, 0) is 14.4 Å². The molecule has 2 aromatic rings. The van der Waals surface area contributed by atoms with Crippen LogP contribution < -0.4 is 4.72 Å². The van der Waals surface area contributed by atoms with E-state index in [1.807, 2.05) is 0 Å². The van der Waals surface area contributed by atoms with Gasteiger partial charge in [-0.15, -0.1) is 0 Å². The quantitative estimate of drug-likeness (QED) is 0.150. The summed E-state index contributed by atoms with van der Waals surface area (Å²) in [5, 5.41) is 11.5. The average Bonchev–Trinajstić information content (AvgIpc) is 2.71. The molecule has 12 heteroatoms. The third kappa shape index (κ3) is 7.24. The number of alkyl halides is 1. The molecule has 0 bridgehead atoms. The summed E-state index contributed by atoms with van der Waals surface area (Å²) in [6, 6.07) is 8.84. The molecule has 0 fully saturated rings. The van der Waals surface area contributed by atoms with Crippen molar-refractivity contribution in [3.05, 3.63) is 68.2 Å². The van der Waals surface area contributed by atoms with Gasteiger partial charge in [-0.3, -0.25) is 10.1 Å². The molecule has 2 rings (SSSR count). The van der Waals surface area contributed by atoms with Gasteiger partial charge in [-0.2, -0.15) is 0 Å². The number of hydrogen-bond acceptors (Lipinski definition) is 5. The highest BCUT2D eigenvalue weighted by Crippen LogP contribution is 2.38. The van der Waals surface area contributed by atoms with Crippen LogP contribution in [0.3, 0.4) is 0 Å². The monoisotopic (exact) mass is 596 g/mol. The third-order valence-electron chi connectivity index (χ3n) is 5.71. The molecule has 0 aliphatic carbocycles. The summed E-state index contributed by atoms with van der Waals surface area (Å²) in [5.74, 6) is 0. The Balaban J connectivity index is 2.38. The maximum atomic E-state index is 13.1. The van der Waals surface area contributed by atoms with Crippen LogP contribution in [0.4, 0.5) is 5.69 Å². The van der Waals surface area contributed by atoms with Gasteiger partial charge in [0, 0.05) is 18.7 Å². The second-order valence-electron chi connectivity index (χ2n) is 9.11. The molecule has 182 valence electrons. The van der Waals surface area contributed by atoms with E-state index in [4.69, 9.17) is 27.6 Å². The van der Waals surface area contributed by atoms with E-state index in [2.05, 4.69) is 54.5 Å². The standard InChI is InChI=1S/C21H27BrCl2N2O5SSi/c1-21(2,3)33(4,5)31-13-17(22)20(14-6-11-18(23)19(24)12-14)25-32(29,30)16-9-7-15(8-10-16)26(27)28/h6-12,17,20,25H,13H2,1-5H3/t17-,20+/m0/s1. The first-order valence-corrected chi connectivity index (χ1v) is 16.1. The number of halogens is 3. The first-order chi connectivity index (χ1) is 15.0. The summed E-state index contributed by atoms with van der Waals surface area (Å²) >= 11 is 15.8. The Hall–Kier alpha value is -1.01. The highest BCUT2D eigenvalue weighted by molar-refractivity contribution is 9.09. The molecule has 0 aliphatic heterocycles. The lowest BCUT2D eigenvalue weighted by atomic mass is 10.1. The largest absolute Gasteiger partial charge is 0.416 e. The van der Waals surface area contributed by atoms with Crippen molar-refractivity contribution in [3.8, 4) is 0 Å². The van der Waals surface area contributed by atoms with Gasteiger partial charge in [0.15, 0.2) is 8.32 Å². The van der Waals surface area contributed by atoms with Crippen molar-refractivity contribution in [2.45, 2.75) is 54.7 Å². The number of hydrogen-bond donors (Lipinski definition) is 1.